The number of ketones is 1. The van der Waals surface area contributed by atoms with Crippen molar-refractivity contribution in [3.63, 3.8) is 0 Å². The Bertz CT molecular complexity index is 245. The summed E-state index contributed by atoms with van der Waals surface area (Å²) in [4.78, 5) is 22.9. The monoisotopic (exact) mass is 181 g/mol. The van der Waals surface area contributed by atoms with E-state index < -0.39 is 5.54 Å². The van der Waals surface area contributed by atoms with Crippen LogP contribution in [0, 0.1) is 0 Å². The van der Waals surface area contributed by atoms with Gasteiger partial charge in [0.1, 0.15) is 0 Å². The van der Waals surface area contributed by atoms with E-state index in [0.29, 0.717) is 12.8 Å². The molecule has 0 aromatic heterocycles. The second-order valence-corrected chi connectivity index (χ2v) is 4.11. The average Bonchev–Trinajstić information content (AvgIpc) is 2.11. The SMILES string of the molecule is O=C1CCC[C@@]2(CCCCC2=O)N1. The third-order valence-electron chi connectivity index (χ3n) is 3.18. The maximum atomic E-state index is 11.7. The van der Waals surface area contributed by atoms with Crippen LogP contribution in [0.2, 0.25) is 0 Å². The summed E-state index contributed by atoms with van der Waals surface area (Å²) < 4.78 is 0. The molecule has 2 fully saturated rings. The van der Waals surface area contributed by atoms with Crippen LogP contribution in [-0.4, -0.2) is 17.2 Å². The molecule has 72 valence electrons. The van der Waals surface area contributed by atoms with Gasteiger partial charge in [-0.05, 0) is 25.7 Å². The second-order valence-electron chi connectivity index (χ2n) is 4.11. The molecule has 0 aromatic carbocycles. The first-order chi connectivity index (χ1) is 6.23. The van der Waals surface area contributed by atoms with Crippen LogP contribution in [-0.2, 0) is 9.59 Å². The lowest BCUT2D eigenvalue weighted by molar-refractivity contribution is -0.136. The summed E-state index contributed by atoms with van der Waals surface area (Å²) in [5, 5.41) is 2.89. The van der Waals surface area contributed by atoms with Crippen molar-refractivity contribution in [1.29, 1.82) is 0 Å². The first-order valence-electron chi connectivity index (χ1n) is 5.07. The van der Waals surface area contributed by atoms with Gasteiger partial charge in [0, 0.05) is 12.8 Å². The Morgan fingerprint density at radius 3 is 2.46 bits per heavy atom. The number of hydrogen-bond acceptors (Lipinski definition) is 2. The van der Waals surface area contributed by atoms with E-state index >= 15 is 0 Å². The zero-order chi connectivity index (χ0) is 9.31. The lowest BCUT2D eigenvalue weighted by Gasteiger charge is -2.39. The van der Waals surface area contributed by atoms with Gasteiger partial charge in [0.15, 0.2) is 5.78 Å². The Labute approximate surface area is 77.9 Å². The van der Waals surface area contributed by atoms with Crippen LogP contribution in [0.5, 0.6) is 0 Å². The predicted octanol–water partition coefficient (Wildman–Crippen LogP) is 1.17. The first kappa shape index (κ1) is 8.73. The van der Waals surface area contributed by atoms with E-state index in [1.54, 1.807) is 0 Å². The van der Waals surface area contributed by atoms with Crippen molar-refractivity contribution in [1.82, 2.24) is 5.32 Å². The van der Waals surface area contributed by atoms with E-state index in [9.17, 15) is 9.59 Å². The molecule has 1 atom stereocenters. The molecule has 0 radical (unpaired) electrons. The largest absolute Gasteiger partial charge is 0.344 e. The number of amides is 1. The summed E-state index contributed by atoms with van der Waals surface area (Å²) in [5.74, 6) is 0.313. The number of nitrogens with one attached hydrogen (secondary N) is 1. The van der Waals surface area contributed by atoms with Gasteiger partial charge in [-0.3, -0.25) is 9.59 Å². The van der Waals surface area contributed by atoms with Gasteiger partial charge in [0.05, 0.1) is 5.54 Å². The molecule has 2 aliphatic rings. The summed E-state index contributed by atoms with van der Waals surface area (Å²) in [7, 11) is 0. The molecule has 0 unspecified atom stereocenters. The van der Waals surface area contributed by atoms with Gasteiger partial charge in [0.25, 0.3) is 0 Å². The molecule has 3 heteroatoms. The highest BCUT2D eigenvalue weighted by atomic mass is 16.2. The Kier molecular flexibility index (Phi) is 2.10. The molecular formula is C10H15NO2. The van der Waals surface area contributed by atoms with Crippen LogP contribution in [0.15, 0.2) is 0 Å². The Hall–Kier alpha value is -0.860. The maximum Gasteiger partial charge on any atom is 0.220 e. The van der Waals surface area contributed by atoms with Gasteiger partial charge < -0.3 is 5.32 Å². The van der Waals surface area contributed by atoms with Crippen molar-refractivity contribution in [2.24, 2.45) is 0 Å². The minimum Gasteiger partial charge on any atom is -0.344 e. The Balaban J connectivity index is 2.16. The van der Waals surface area contributed by atoms with E-state index in [4.69, 9.17) is 0 Å². The molecule has 1 amide bonds. The zero-order valence-corrected chi connectivity index (χ0v) is 7.77. The molecule has 2 rings (SSSR count). The molecule has 1 aliphatic heterocycles. The smallest absolute Gasteiger partial charge is 0.220 e. The second kappa shape index (κ2) is 3.13. The van der Waals surface area contributed by atoms with Gasteiger partial charge in [0.2, 0.25) is 5.91 Å². The van der Waals surface area contributed by atoms with Crippen LogP contribution in [0.3, 0.4) is 0 Å². The quantitative estimate of drug-likeness (QED) is 0.609. The molecule has 1 N–H and O–H groups in total. The van der Waals surface area contributed by atoms with Gasteiger partial charge in [-0.1, -0.05) is 6.42 Å². The van der Waals surface area contributed by atoms with Crippen molar-refractivity contribution >= 4 is 11.7 Å². The lowest BCUT2D eigenvalue weighted by Crippen LogP contribution is -2.58. The van der Waals surface area contributed by atoms with Crippen LogP contribution >= 0.6 is 0 Å². The highest BCUT2D eigenvalue weighted by molar-refractivity contribution is 5.94. The first-order valence-corrected chi connectivity index (χ1v) is 5.07. The van der Waals surface area contributed by atoms with E-state index in [2.05, 4.69) is 5.32 Å². The van der Waals surface area contributed by atoms with E-state index in [1.807, 2.05) is 0 Å². The summed E-state index contributed by atoms with van der Waals surface area (Å²) in [6.45, 7) is 0. The topological polar surface area (TPSA) is 46.2 Å². The van der Waals surface area contributed by atoms with Crippen LogP contribution in [0.1, 0.15) is 44.9 Å². The average molecular weight is 181 g/mol. The molecule has 1 heterocycles. The molecule has 1 spiro atoms. The molecule has 1 saturated carbocycles. The van der Waals surface area contributed by atoms with Gasteiger partial charge in [-0.25, -0.2) is 0 Å². The fraction of sp³-hybridized carbons (Fsp3) is 0.800. The number of piperidine rings is 1. The lowest BCUT2D eigenvalue weighted by atomic mass is 9.75. The normalized spacial score (nSPS) is 34.8. The molecule has 1 aliphatic carbocycles. The molecule has 3 nitrogen and oxygen atoms in total. The highest BCUT2D eigenvalue weighted by Gasteiger charge is 2.42. The highest BCUT2D eigenvalue weighted by Crippen LogP contribution is 2.32. The Morgan fingerprint density at radius 2 is 1.77 bits per heavy atom. The van der Waals surface area contributed by atoms with E-state index in [-0.39, 0.29) is 11.7 Å². The molecule has 0 bridgehead atoms. The van der Waals surface area contributed by atoms with Crippen molar-refractivity contribution in [3.8, 4) is 0 Å². The van der Waals surface area contributed by atoms with Crippen LogP contribution in [0.4, 0.5) is 0 Å². The molecule has 1 saturated heterocycles. The van der Waals surface area contributed by atoms with Crippen LogP contribution in [0.25, 0.3) is 0 Å². The number of Topliss-reactive ketones (excluding diaryl/α,β-unsaturated/α-hetero) is 1. The maximum absolute atomic E-state index is 11.7. The minimum atomic E-state index is -0.451. The van der Waals surface area contributed by atoms with E-state index in [0.717, 1.165) is 32.1 Å². The van der Waals surface area contributed by atoms with E-state index in [1.165, 1.54) is 0 Å². The summed E-state index contributed by atoms with van der Waals surface area (Å²) in [6, 6.07) is 0. The summed E-state index contributed by atoms with van der Waals surface area (Å²) in [6.07, 6.45) is 5.91. The van der Waals surface area contributed by atoms with Gasteiger partial charge >= 0.3 is 0 Å². The fourth-order valence-electron chi connectivity index (χ4n) is 2.43. The number of carbonyl (C=O) groups is 2. The van der Waals surface area contributed by atoms with Gasteiger partial charge in [-0.2, -0.15) is 0 Å². The summed E-state index contributed by atoms with van der Waals surface area (Å²) in [5.41, 5.74) is -0.451. The van der Waals surface area contributed by atoms with Crippen molar-refractivity contribution in [2.45, 2.75) is 50.5 Å². The third kappa shape index (κ3) is 1.47. The number of rotatable bonds is 0. The molecule has 0 aromatic rings. The third-order valence-corrected chi connectivity index (χ3v) is 3.18. The Morgan fingerprint density at radius 1 is 1.00 bits per heavy atom. The minimum absolute atomic E-state index is 0.0569. The number of carbonyl (C=O) groups excluding carboxylic acids is 2. The van der Waals surface area contributed by atoms with Crippen molar-refractivity contribution in [3.05, 3.63) is 0 Å². The summed E-state index contributed by atoms with van der Waals surface area (Å²) >= 11 is 0. The van der Waals surface area contributed by atoms with Gasteiger partial charge in [-0.15, -0.1) is 0 Å². The predicted molar refractivity (Wildman–Crippen MR) is 48.2 cm³/mol. The molecule has 13 heavy (non-hydrogen) atoms. The molecular weight excluding hydrogens is 166 g/mol. The van der Waals surface area contributed by atoms with Crippen LogP contribution < -0.4 is 5.32 Å². The standard InChI is InChI=1S/C10H15NO2/c12-8-4-1-2-6-10(8)7-3-5-9(13)11-10/h1-7H2,(H,11,13)/t10-/m1/s1. The zero-order valence-electron chi connectivity index (χ0n) is 7.77. The van der Waals surface area contributed by atoms with Crippen molar-refractivity contribution in [2.75, 3.05) is 0 Å². The fourth-order valence-corrected chi connectivity index (χ4v) is 2.43. The van der Waals surface area contributed by atoms with Crippen molar-refractivity contribution < 1.29 is 9.59 Å². The number of hydrogen-bond donors (Lipinski definition) is 1.